The van der Waals surface area contributed by atoms with Crippen LogP contribution in [0.5, 0.6) is 0 Å². The number of nitrogens with one attached hydrogen (secondary N) is 1. The van der Waals surface area contributed by atoms with E-state index in [9.17, 15) is 4.79 Å². The molecule has 1 heterocycles. The highest BCUT2D eigenvalue weighted by Gasteiger charge is 2.30. The first-order chi connectivity index (χ1) is 19.3. The average Bonchev–Trinajstić information content (AvgIpc) is 3.18. The Labute approximate surface area is 250 Å². The molecular formula is C34H43Cl2N3O. The van der Waals surface area contributed by atoms with E-state index < -0.39 is 0 Å². The van der Waals surface area contributed by atoms with Crippen molar-refractivity contribution in [2.75, 3.05) is 32.7 Å². The number of hydrogen-bond acceptors (Lipinski definition) is 3. The van der Waals surface area contributed by atoms with Crippen LogP contribution in [0.1, 0.15) is 56.3 Å². The summed E-state index contributed by atoms with van der Waals surface area (Å²) in [5.41, 5.74) is 5.19. The van der Waals surface area contributed by atoms with Crippen molar-refractivity contribution >= 4 is 29.1 Å². The molecule has 2 aromatic rings. The summed E-state index contributed by atoms with van der Waals surface area (Å²) >= 11 is 12.4. The van der Waals surface area contributed by atoms with E-state index in [1.54, 1.807) is 0 Å². The van der Waals surface area contributed by atoms with Gasteiger partial charge in [0.15, 0.2) is 0 Å². The third-order valence-electron chi connectivity index (χ3n) is 8.17. The Bertz CT molecular complexity index is 1210. The molecule has 2 aromatic carbocycles. The van der Waals surface area contributed by atoms with Crippen LogP contribution in [0.4, 0.5) is 0 Å². The lowest BCUT2D eigenvalue weighted by atomic mass is 9.95. The maximum atomic E-state index is 13.9. The largest absolute Gasteiger partial charge is 0.339 e. The third-order valence-corrected chi connectivity index (χ3v) is 8.70. The van der Waals surface area contributed by atoms with Gasteiger partial charge in [0.05, 0.1) is 6.04 Å². The molecule has 0 aromatic heterocycles. The van der Waals surface area contributed by atoms with Gasteiger partial charge in [-0.3, -0.25) is 9.69 Å². The van der Waals surface area contributed by atoms with Gasteiger partial charge in [0.1, 0.15) is 0 Å². The van der Waals surface area contributed by atoms with Gasteiger partial charge in [0.2, 0.25) is 5.91 Å². The van der Waals surface area contributed by atoms with Crippen LogP contribution < -0.4 is 5.32 Å². The number of carbonyl (C=O) groups excluding carboxylic acids is 1. The number of piperazine rings is 1. The second-order valence-corrected chi connectivity index (χ2v) is 12.1. The van der Waals surface area contributed by atoms with E-state index in [-0.39, 0.29) is 18.0 Å². The molecule has 214 valence electrons. The number of rotatable bonds is 11. The predicted molar refractivity (Wildman–Crippen MR) is 169 cm³/mol. The molecule has 40 heavy (non-hydrogen) atoms. The number of carbonyl (C=O) groups is 1. The summed E-state index contributed by atoms with van der Waals surface area (Å²) in [6.45, 7) is 10.7. The van der Waals surface area contributed by atoms with Crippen molar-refractivity contribution in [3.05, 3.63) is 105 Å². The van der Waals surface area contributed by atoms with E-state index in [0.29, 0.717) is 12.3 Å². The number of allylic oxidation sites excluding steroid dienone is 5. The molecule has 3 atom stereocenters. The molecule has 0 spiro atoms. The molecule has 1 unspecified atom stereocenters. The molecular weight excluding hydrogens is 537 g/mol. The first-order valence-electron chi connectivity index (χ1n) is 14.6. The summed E-state index contributed by atoms with van der Waals surface area (Å²) in [5, 5.41) is 5.24. The van der Waals surface area contributed by atoms with Gasteiger partial charge in [0.25, 0.3) is 0 Å². The highest BCUT2D eigenvalue weighted by atomic mass is 35.5. The second-order valence-electron chi connectivity index (χ2n) is 11.1. The van der Waals surface area contributed by atoms with Gasteiger partial charge in [-0.15, -0.1) is 0 Å². The Morgan fingerprint density at radius 1 is 0.925 bits per heavy atom. The first kappa shape index (κ1) is 30.6. The number of amides is 1. The molecule has 4 rings (SSSR count). The van der Waals surface area contributed by atoms with Crippen molar-refractivity contribution in [2.45, 2.75) is 58.5 Å². The number of benzene rings is 2. The fourth-order valence-electron chi connectivity index (χ4n) is 5.66. The molecule has 1 aliphatic heterocycles. The van der Waals surface area contributed by atoms with E-state index >= 15 is 0 Å². The van der Waals surface area contributed by atoms with Crippen molar-refractivity contribution in [1.82, 2.24) is 15.1 Å². The summed E-state index contributed by atoms with van der Waals surface area (Å²) in [4.78, 5) is 18.4. The molecule has 4 nitrogen and oxygen atoms in total. The third kappa shape index (κ3) is 8.57. The van der Waals surface area contributed by atoms with Crippen molar-refractivity contribution in [1.29, 1.82) is 0 Å². The zero-order valence-corrected chi connectivity index (χ0v) is 25.6. The number of halogens is 2. The maximum absolute atomic E-state index is 13.9. The van der Waals surface area contributed by atoms with Crippen LogP contribution in [0.2, 0.25) is 5.02 Å². The molecule has 0 bridgehead atoms. The van der Waals surface area contributed by atoms with E-state index in [4.69, 9.17) is 23.2 Å². The molecule has 1 saturated heterocycles. The lowest BCUT2D eigenvalue weighted by Gasteiger charge is -2.39. The molecule has 1 amide bonds. The summed E-state index contributed by atoms with van der Waals surface area (Å²) in [7, 11) is 0. The highest BCUT2D eigenvalue weighted by Crippen LogP contribution is 2.24. The van der Waals surface area contributed by atoms with Crippen LogP contribution in [0.15, 0.2) is 83.4 Å². The molecule has 1 aliphatic carbocycles. The van der Waals surface area contributed by atoms with Crippen molar-refractivity contribution in [2.24, 2.45) is 5.92 Å². The Balaban J connectivity index is 1.40. The van der Waals surface area contributed by atoms with E-state index in [2.05, 4.69) is 85.6 Å². The molecule has 0 saturated carbocycles. The number of aryl methyl sites for hydroxylation is 1. The van der Waals surface area contributed by atoms with Crippen LogP contribution in [0.3, 0.4) is 0 Å². The van der Waals surface area contributed by atoms with Crippen molar-refractivity contribution in [3.63, 3.8) is 0 Å². The van der Waals surface area contributed by atoms with E-state index in [0.717, 1.165) is 67.6 Å². The van der Waals surface area contributed by atoms with Gasteiger partial charge in [-0.05, 0) is 79.1 Å². The minimum Gasteiger partial charge on any atom is -0.339 e. The minimum atomic E-state index is -0.273. The standard InChI is InChI=1S/C34H43Cl2N3O/c1-4-28-9-5-6-10-30(28)22-25(2)24-37-33(23-27-8-7-11-31(35)15-12-27)34(40)39-20-18-38(19-21-39)26(3)29-13-16-32(36)17-14-29/h5-10,12-17,25-26,33,37H,4,11,18-24H2,1-3H3/t25-,26?,33-/m1/s1. The molecule has 1 fully saturated rings. The topological polar surface area (TPSA) is 35.6 Å². The highest BCUT2D eigenvalue weighted by molar-refractivity contribution is 6.30. The fourth-order valence-corrected chi connectivity index (χ4v) is 5.94. The van der Waals surface area contributed by atoms with Crippen LogP contribution in [0, 0.1) is 5.92 Å². The van der Waals surface area contributed by atoms with Crippen LogP contribution >= 0.6 is 23.2 Å². The Morgan fingerprint density at radius 3 is 2.33 bits per heavy atom. The first-order valence-corrected chi connectivity index (χ1v) is 15.4. The molecule has 0 radical (unpaired) electrons. The Morgan fingerprint density at radius 2 is 1.62 bits per heavy atom. The lowest BCUT2D eigenvalue weighted by molar-refractivity contribution is -0.135. The number of hydrogen-bond donors (Lipinski definition) is 1. The Hall–Kier alpha value is -2.37. The second kappa shape index (κ2) is 15.0. The smallest absolute Gasteiger partial charge is 0.240 e. The molecule has 6 heteroatoms. The maximum Gasteiger partial charge on any atom is 0.240 e. The fraction of sp³-hybridized carbons (Fsp3) is 0.441. The van der Waals surface area contributed by atoms with Crippen LogP contribution in [0.25, 0.3) is 0 Å². The summed E-state index contributed by atoms with van der Waals surface area (Å²) < 4.78 is 0. The summed E-state index contributed by atoms with van der Waals surface area (Å²) in [5.74, 6) is 0.599. The summed E-state index contributed by atoms with van der Waals surface area (Å²) in [6.07, 6.45) is 11.6. The van der Waals surface area contributed by atoms with Gasteiger partial charge < -0.3 is 10.2 Å². The van der Waals surface area contributed by atoms with Crippen LogP contribution in [-0.4, -0.2) is 54.5 Å². The van der Waals surface area contributed by atoms with Gasteiger partial charge in [-0.2, -0.15) is 0 Å². The summed E-state index contributed by atoms with van der Waals surface area (Å²) in [6, 6.07) is 16.8. The van der Waals surface area contributed by atoms with Gasteiger partial charge in [-0.25, -0.2) is 0 Å². The number of nitrogens with zero attached hydrogens (tertiary/aromatic N) is 2. The van der Waals surface area contributed by atoms with Crippen molar-refractivity contribution in [3.8, 4) is 0 Å². The predicted octanol–water partition coefficient (Wildman–Crippen LogP) is 7.34. The van der Waals surface area contributed by atoms with Gasteiger partial charge in [-0.1, -0.05) is 91.7 Å². The van der Waals surface area contributed by atoms with E-state index in [1.807, 2.05) is 23.1 Å². The van der Waals surface area contributed by atoms with Crippen molar-refractivity contribution < 1.29 is 4.79 Å². The Kier molecular flexibility index (Phi) is 11.5. The monoisotopic (exact) mass is 579 g/mol. The molecule has 1 N–H and O–H groups in total. The normalized spacial score (nSPS) is 18.5. The zero-order valence-electron chi connectivity index (χ0n) is 24.1. The van der Waals surface area contributed by atoms with Gasteiger partial charge in [0, 0.05) is 48.7 Å². The zero-order chi connectivity index (χ0) is 28.5. The van der Waals surface area contributed by atoms with Crippen LogP contribution in [-0.2, 0) is 17.6 Å². The minimum absolute atomic E-state index is 0.188. The SMILES string of the molecule is CCc1ccccc1C[C@@H](C)CN[C@H](CC1=CC=C(Cl)CC=C1)C(=O)N1CCN(C(C)c2ccc(Cl)cc2)CC1. The lowest BCUT2D eigenvalue weighted by Crippen LogP contribution is -2.54. The average molecular weight is 581 g/mol. The van der Waals surface area contributed by atoms with E-state index in [1.165, 1.54) is 16.7 Å². The molecule has 2 aliphatic rings. The quantitative estimate of drug-likeness (QED) is 0.302. The van der Waals surface area contributed by atoms with Gasteiger partial charge >= 0.3 is 0 Å².